The molecule has 1 N–H and O–H groups in total. The molecule has 0 aliphatic rings. The average Bonchev–Trinajstić information content (AvgIpc) is 2.50. The molecule has 0 saturated heterocycles. The summed E-state index contributed by atoms with van der Waals surface area (Å²) in [6, 6.07) is 0. The maximum atomic E-state index is 5.99. The zero-order valence-corrected chi connectivity index (χ0v) is 7.65. The Hall–Kier alpha value is -0.500. The number of alkyl halides is 1. The molecule has 1 rings (SSSR count). The summed E-state index contributed by atoms with van der Waals surface area (Å²) in [6.45, 7) is 4.13. The molecule has 0 spiro atoms. The molecule has 1 aromatic rings. The standard InChI is InChI=1S/C8H13ClN2/c1-3-6(9)7-5-10-8(4-2)11-7/h5-6H,3-4H2,1-2H3,(H,10,11). The van der Waals surface area contributed by atoms with Crippen molar-refractivity contribution in [2.75, 3.05) is 0 Å². The van der Waals surface area contributed by atoms with Gasteiger partial charge in [0.05, 0.1) is 11.1 Å². The third kappa shape index (κ3) is 1.96. The van der Waals surface area contributed by atoms with Crippen molar-refractivity contribution >= 4 is 11.6 Å². The van der Waals surface area contributed by atoms with Gasteiger partial charge in [-0.2, -0.15) is 0 Å². The van der Waals surface area contributed by atoms with Gasteiger partial charge < -0.3 is 4.98 Å². The van der Waals surface area contributed by atoms with E-state index in [0.29, 0.717) is 0 Å². The Morgan fingerprint density at radius 3 is 2.82 bits per heavy atom. The highest BCUT2D eigenvalue weighted by Gasteiger charge is 2.07. The molecule has 0 radical (unpaired) electrons. The van der Waals surface area contributed by atoms with Gasteiger partial charge >= 0.3 is 0 Å². The minimum Gasteiger partial charge on any atom is -0.345 e. The van der Waals surface area contributed by atoms with Gasteiger partial charge in [-0.25, -0.2) is 4.98 Å². The molecule has 0 amide bonds. The van der Waals surface area contributed by atoms with Gasteiger partial charge in [-0.3, -0.25) is 0 Å². The molecule has 62 valence electrons. The molecule has 0 bridgehead atoms. The van der Waals surface area contributed by atoms with Gasteiger partial charge in [0.25, 0.3) is 0 Å². The largest absolute Gasteiger partial charge is 0.345 e. The Morgan fingerprint density at radius 1 is 1.64 bits per heavy atom. The number of aryl methyl sites for hydroxylation is 1. The molecule has 1 atom stereocenters. The SMILES string of the molecule is CCc1ncc(C(Cl)CC)[nH]1. The Labute approximate surface area is 72.0 Å². The van der Waals surface area contributed by atoms with E-state index in [4.69, 9.17) is 11.6 Å². The highest BCUT2D eigenvalue weighted by atomic mass is 35.5. The van der Waals surface area contributed by atoms with E-state index in [1.54, 1.807) is 0 Å². The molecule has 1 heterocycles. The number of nitrogens with zero attached hydrogens (tertiary/aromatic N) is 1. The molecular formula is C8H13ClN2. The van der Waals surface area contributed by atoms with E-state index in [-0.39, 0.29) is 5.38 Å². The zero-order valence-electron chi connectivity index (χ0n) is 6.89. The van der Waals surface area contributed by atoms with Crippen LogP contribution in [-0.4, -0.2) is 9.97 Å². The predicted octanol–water partition coefficient (Wildman–Crippen LogP) is 2.66. The van der Waals surface area contributed by atoms with Crippen molar-refractivity contribution in [2.45, 2.75) is 32.1 Å². The van der Waals surface area contributed by atoms with Crippen LogP contribution >= 0.6 is 11.6 Å². The first-order chi connectivity index (χ1) is 5.27. The van der Waals surface area contributed by atoms with Crippen molar-refractivity contribution < 1.29 is 0 Å². The van der Waals surface area contributed by atoms with E-state index >= 15 is 0 Å². The van der Waals surface area contributed by atoms with E-state index in [0.717, 1.165) is 24.4 Å². The molecule has 2 nitrogen and oxygen atoms in total. The molecular weight excluding hydrogens is 160 g/mol. The zero-order chi connectivity index (χ0) is 8.27. The number of hydrogen-bond donors (Lipinski definition) is 1. The topological polar surface area (TPSA) is 28.7 Å². The second-order valence-corrected chi connectivity index (χ2v) is 3.04. The van der Waals surface area contributed by atoms with Crippen LogP contribution in [0.5, 0.6) is 0 Å². The van der Waals surface area contributed by atoms with E-state index in [9.17, 15) is 0 Å². The third-order valence-corrected chi connectivity index (χ3v) is 2.22. The lowest BCUT2D eigenvalue weighted by Crippen LogP contribution is -1.88. The van der Waals surface area contributed by atoms with E-state index < -0.39 is 0 Å². The fourth-order valence-corrected chi connectivity index (χ4v) is 1.05. The Bertz CT molecular complexity index is 220. The minimum absolute atomic E-state index is 0.0859. The van der Waals surface area contributed by atoms with Crippen LogP contribution in [0.4, 0.5) is 0 Å². The predicted molar refractivity (Wildman–Crippen MR) is 46.9 cm³/mol. The summed E-state index contributed by atoms with van der Waals surface area (Å²) in [7, 11) is 0. The van der Waals surface area contributed by atoms with Crippen molar-refractivity contribution in [3.8, 4) is 0 Å². The van der Waals surface area contributed by atoms with Gasteiger partial charge in [0.1, 0.15) is 5.82 Å². The summed E-state index contributed by atoms with van der Waals surface area (Å²) in [5.41, 5.74) is 1.03. The highest BCUT2D eigenvalue weighted by Crippen LogP contribution is 2.21. The van der Waals surface area contributed by atoms with Gasteiger partial charge in [0, 0.05) is 12.6 Å². The van der Waals surface area contributed by atoms with E-state index in [1.165, 1.54) is 0 Å². The summed E-state index contributed by atoms with van der Waals surface area (Å²) in [5, 5.41) is 0.0859. The number of aromatic amines is 1. The van der Waals surface area contributed by atoms with Crippen LogP contribution in [0, 0.1) is 0 Å². The van der Waals surface area contributed by atoms with Crippen LogP contribution in [-0.2, 0) is 6.42 Å². The first kappa shape index (κ1) is 8.60. The summed E-state index contributed by atoms with van der Waals surface area (Å²) < 4.78 is 0. The van der Waals surface area contributed by atoms with Gasteiger partial charge in [-0.1, -0.05) is 13.8 Å². The lowest BCUT2D eigenvalue weighted by atomic mass is 10.3. The number of halogens is 1. The lowest BCUT2D eigenvalue weighted by molar-refractivity contribution is 0.846. The molecule has 1 aromatic heterocycles. The van der Waals surface area contributed by atoms with Gasteiger partial charge in [0.2, 0.25) is 0 Å². The molecule has 1 unspecified atom stereocenters. The van der Waals surface area contributed by atoms with Gasteiger partial charge in [-0.05, 0) is 6.42 Å². The Morgan fingerprint density at radius 2 is 2.36 bits per heavy atom. The van der Waals surface area contributed by atoms with E-state index in [2.05, 4.69) is 23.8 Å². The van der Waals surface area contributed by atoms with E-state index in [1.807, 2.05) is 6.20 Å². The van der Waals surface area contributed by atoms with Crippen LogP contribution in [0.3, 0.4) is 0 Å². The summed E-state index contributed by atoms with van der Waals surface area (Å²) in [5.74, 6) is 1.01. The monoisotopic (exact) mass is 172 g/mol. The van der Waals surface area contributed by atoms with Crippen molar-refractivity contribution in [3.63, 3.8) is 0 Å². The fraction of sp³-hybridized carbons (Fsp3) is 0.625. The number of imidazole rings is 1. The van der Waals surface area contributed by atoms with Crippen molar-refractivity contribution in [1.29, 1.82) is 0 Å². The number of aromatic nitrogens is 2. The molecule has 0 aliphatic carbocycles. The molecule has 3 heteroatoms. The number of H-pyrrole nitrogens is 1. The second-order valence-electron chi connectivity index (χ2n) is 2.51. The van der Waals surface area contributed by atoms with Gasteiger partial charge in [-0.15, -0.1) is 11.6 Å². The fourth-order valence-electron chi connectivity index (χ4n) is 0.937. The van der Waals surface area contributed by atoms with Crippen LogP contribution in [0.1, 0.15) is 37.2 Å². The van der Waals surface area contributed by atoms with Crippen molar-refractivity contribution in [1.82, 2.24) is 9.97 Å². The van der Waals surface area contributed by atoms with Crippen molar-refractivity contribution in [2.24, 2.45) is 0 Å². The molecule has 11 heavy (non-hydrogen) atoms. The van der Waals surface area contributed by atoms with Crippen LogP contribution in [0.25, 0.3) is 0 Å². The smallest absolute Gasteiger partial charge is 0.105 e. The molecule has 0 aromatic carbocycles. The lowest BCUT2D eigenvalue weighted by Gasteiger charge is -2.00. The van der Waals surface area contributed by atoms with Crippen LogP contribution < -0.4 is 0 Å². The van der Waals surface area contributed by atoms with Gasteiger partial charge in [0.15, 0.2) is 0 Å². The normalized spacial score (nSPS) is 13.4. The number of hydrogen-bond acceptors (Lipinski definition) is 1. The highest BCUT2D eigenvalue weighted by molar-refractivity contribution is 6.20. The number of rotatable bonds is 3. The second kappa shape index (κ2) is 3.77. The molecule has 0 saturated carbocycles. The summed E-state index contributed by atoms with van der Waals surface area (Å²) in [6.07, 6.45) is 3.69. The molecule has 0 aliphatic heterocycles. The van der Waals surface area contributed by atoms with Crippen LogP contribution in [0.2, 0.25) is 0 Å². The number of nitrogens with one attached hydrogen (secondary N) is 1. The average molecular weight is 173 g/mol. The summed E-state index contributed by atoms with van der Waals surface area (Å²) >= 11 is 5.99. The maximum absolute atomic E-state index is 5.99. The summed E-state index contributed by atoms with van der Waals surface area (Å²) in [4.78, 5) is 7.33. The first-order valence-corrected chi connectivity index (χ1v) is 4.39. The Kier molecular flexibility index (Phi) is 2.94. The maximum Gasteiger partial charge on any atom is 0.105 e. The third-order valence-electron chi connectivity index (χ3n) is 1.68. The minimum atomic E-state index is 0.0859. The quantitative estimate of drug-likeness (QED) is 0.698. The van der Waals surface area contributed by atoms with Crippen molar-refractivity contribution in [3.05, 3.63) is 17.7 Å². The van der Waals surface area contributed by atoms with Crippen LogP contribution in [0.15, 0.2) is 6.20 Å². The first-order valence-electron chi connectivity index (χ1n) is 3.95. The Balaban J connectivity index is 2.71. The molecule has 0 fully saturated rings.